The fraction of sp³-hybridized carbons (Fsp3) is 0.400. The number of benzene rings is 1. The Morgan fingerprint density at radius 2 is 2.06 bits per heavy atom. The quantitative estimate of drug-likeness (QED) is 0.795. The number of anilines is 1. The summed E-state index contributed by atoms with van der Waals surface area (Å²) < 4.78 is 36.8. The van der Waals surface area contributed by atoms with Gasteiger partial charge in [0.2, 0.25) is 10.0 Å². The molecule has 0 amide bonds. The van der Waals surface area contributed by atoms with E-state index in [1.165, 1.54) is 4.31 Å². The molecule has 1 aromatic carbocycles. The molecule has 0 aromatic heterocycles. The summed E-state index contributed by atoms with van der Waals surface area (Å²) in [6.45, 7) is 1.92. The van der Waals surface area contributed by atoms with E-state index >= 15 is 0 Å². The Hall–Kier alpha value is -0.880. The fourth-order valence-corrected chi connectivity index (χ4v) is 4.22. The van der Waals surface area contributed by atoms with Crippen molar-refractivity contribution in [2.24, 2.45) is 0 Å². The number of para-hydroxylation sites is 1. The number of fused-ring (bicyclic) bond motifs is 1. The third-order valence-electron chi connectivity index (χ3n) is 2.56. The highest BCUT2D eigenvalue weighted by Gasteiger charge is 2.28. The molecule has 0 aliphatic carbocycles. The zero-order valence-corrected chi connectivity index (χ0v) is 10.6. The van der Waals surface area contributed by atoms with Crippen molar-refractivity contribution in [2.75, 3.05) is 22.4 Å². The van der Waals surface area contributed by atoms with E-state index in [1.54, 1.807) is 31.2 Å². The normalized spacial score (nSPS) is 20.6. The third-order valence-corrected chi connectivity index (χ3v) is 5.73. The minimum absolute atomic E-state index is 0.0635. The molecule has 4 nitrogen and oxygen atoms in total. The predicted molar refractivity (Wildman–Crippen MR) is 64.5 cm³/mol. The topological polar surface area (TPSA) is 54.5 Å². The summed E-state index contributed by atoms with van der Waals surface area (Å²) in [5, 5.41) is 0. The summed E-state index contributed by atoms with van der Waals surface area (Å²) in [5.41, 5.74) is 0.564. The predicted octanol–water partition coefficient (Wildman–Crippen LogP) is 0.964. The molecular weight excluding hydrogens is 246 g/mol. The molecule has 0 radical (unpaired) electrons. The van der Waals surface area contributed by atoms with Crippen LogP contribution in [0.15, 0.2) is 29.2 Å². The van der Waals surface area contributed by atoms with Crippen LogP contribution in [0, 0.1) is 0 Å². The van der Waals surface area contributed by atoms with Crippen LogP contribution in [0.25, 0.3) is 0 Å². The van der Waals surface area contributed by atoms with Crippen LogP contribution in [0.5, 0.6) is 0 Å². The molecule has 1 atom stereocenters. The SMILES string of the molecule is CCS(=O)(=O)N1CCS(=O)c2ccccc21. The summed E-state index contributed by atoms with van der Waals surface area (Å²) in [5.74, 6) is 0.435. The van der Waals surface area contributed by atoms with Crippen LogP contribution in [0.1, 0.15) is 6.92 Å². The first kappa shape index (κ1) is 11.6. The number of rotatable bonds is 2. The first-order valence-corrected chi connectivity index (χ1v) is 7.97. The van der Waals surface area contributed by atoms with Crippen molar-refractivity contribution >= 4 is 26.5 Å². The molecule has 1 aromatic rings. The van der Waals surface area contributed by atoms with Gasteiger partial charge >= 0.3 is 0 Å². The summed E-state index contributed by atoms with van der Waals surface area (Å²) in [4.78, 5) is 0.616. The lowest BCUT2D eigenvalue weighted by Crippen LogP contribution is -2.39. The molecule has 1 aliphatic rings. The van der Waals surface area contributed by atoms with Gasteiger partial charge < -0.3 is 0 Å². The second kappa shape index (κ2) is 4.18. The van der Waals surface area contributed by atoms with Gasteiger partial charge in [0.25, 0.3) is 0 Å². The molecule has 0 saturated carbocycles. The van der Waals surface area contributed by atoms with Gasteiger partial charge in [-0.15, -0.1) is 0 Å². The second-order valence-electron chi connectivity index (χ2n) is 3.49. The Kier molecular flexibility index (Phi) is 3.03. The Morgan fingerprint density at radius 3 is 2.75 bits per heavy atom. The van der Waals surface area contributed by atoms with Gasteiger partial charge in [-0.2, -0.15) is 0 Å². The Balaban J connectivity index is 2.55. The minimum atomic E-state index is -3.26. The molecule has 6 heteroatoms. The molecule has 88 valence electrons. The van der Waals surface area contributed by atoms with Gasteiger partial charge in [-0.25, -0.2) is 8.42 Å². The van der Waals surface area contributed by atoms with E-state index in [4.69, 9.17) is 0 Å². The van der Waals surface area contributed by atoms with Gasteiger partial charge in [0.1, 0.15) is 0 Å². The summed E-state index contributed by atoms with van der Waals surface area (Å²) >= 11 is 0. The van der Waals surface area contributed by atoms with Gasteiger partial charge in [0.05, 0.1) is 27.1 Å². The average molecular weight is 259 g/mol. The molecule has 16 heavy (non-hydrogen) atoms. The third kappa shape index (κ3) is 1.87. The summed E-state index contributed by atoms with van der Waals surface area (Å²) in [6.07, 6.45) is 0. The minimum Gasteiger partial charge on any atom is -0.268 e. The van der Waals surface area contributed by atoms with E-state index in [0.717, 1.165) is 0 Å². The van der Waals surface area contributed by atoms with Crippen LogP contribution in [-0.4, -0.2) is 30.7 Å². The molecular formula is C10H13NO3S2. The molecule has 0 N–H and O–H groups in total. The van der Waals surface area contributed by atoms with Crippen molar-refractivity contribution < 1.29 is 12.6 Å². The molecule has 0 saturated heterocycles. The molecule has 2 rings (SSSR count). The largest absolute Gasteiger partial charge is 0.268 e. The zero-order valence-electron chi connectivity index (χ0n) is 8.92. The molecule has 0 bridgehead atoms. The summed E-state index contributed by atoms with van der Waals surface area (Å²) in [6, 6.07) is 6.97. The molecule has 1 heterocycles. The Morgan fingerprint density at radius 1 is 1.38 bits per heavy atom. The first-order valence-electron chi connectivity index (χ1n) is 5.04. The lowest BCUT2D eigenvalue weighted by atomic mass is 10.3. The molecule has 1 aliphatic heterocycles. The Labute approximate surface area is 97.8 Å². The van der Waals surface area contributed by atoms with Crippen molar-refractivity contribution in [2.45, 2.75) is 11.8 Å². The average Bonchev–Trinajstić information content (AvgIpc) is 2.29. The highest BCUT2D eigenvalue weighted by molar-refractivity contribution is 7.93. The van der Waals surface area contributed by atoms with E-state index in [2.05, 4.69) is 0 Å². The maximum Gasteiger partial charge on any atom is 0.234 e. The second-order valence-corrected chi connectivity index (χ2v) is 7.21. The highest BCUT2D eigenvalue weighted by Crippen LogP contribution is 2.29. The number of hydrogen-bond donors (Lipinski definition) is 0. The van der Waals surface area contributed by atoms with Crippen molar-refractivity contribution in [3.8, 4) is 0 Å². The van der Waals surface area contributed by atoms with Gasteiger partial charge in [-0.1, -0.05) is 12.1 Å². The first-order chi connectivity index (χ1) is 7.56. The van der Waals surface area contributed by atoms with E-state index < -0.39 is 20.8 Å². The van der Waals surface area contributed by atoms with Crippen LogP contribution in [0.2, 0.25) is 0 Å². The molecule has 1 unspecified atom stereocenters. The number of nitrogens with zero attached hydrogens (tertiary/aromatic N) is 1. The smallest absolute Gasteiger partial charge is 0.234 e. The molecule has 0 fully saturated rings. The maximum atomic E-state index is 11.9. The number of hydrogen-bond acceptors (Lipinski definition) is 3. The van der Waals surface area contributed by atoms with E-state index in [1.807, 2.05) is 0 Å². The van der Waals surface area contributed by atoms with Crippen LogP contribution in [0.3, 0.4) is 0 Å². The maximum absolute atomic E-state index is 11.9. The zero-order chi connectivity index (χ0) is 11.8. The van der Waals surface area contributed by atoms with E-state index in [9.17, 15) is 12.6 Å². The molecule has 0 spiro atoms. The van der Waals surface area contributed by atoms with Crippen molar-refractivity contribution in [1.29, 1.82) is 0 Å². The van der Waals surface area contributed by atoms with Gasteiger partial charge in [0, 0.05) is 12.3 Å². The standard InChI is InChI=1S/C10H13NO3S2/c1-2-16(13,14)11-7-8-15(12)10-6-4-3-5-9(10)11/h3-6H,2,7-8H2,1H3. The fourth-order valence-electron chi connectivity index (χ4n) is 1.70. The van der Waals surface area contributed by atoms with Crippen molar-refractivity contribution in [3.63, 3.8) is 0 Å². The van der Waals surface area contributed by atoms with Gasteiger partial charge in [-0.3, -0.25) is 8.51 Å². The number of sulfonamides is 1. The van der Waals surface area contributed by atoms with Crippen LogP contribution in [0.4, 0.5) is 5.69 Å². The Bertz CT molecular complexity index is 525. The van der Waals surface area contributed by atoms with Gasteiger partial charge in [0.15, 0.2) is 0 Å². The van der Waals surface area contributed by atoms with Crippen LogP contribution < -0.4 is 4.31 Å². The van der Waals surface area contributed by atoms with Gasteiger partial charge in [-0.05, 0) is 19.1 Å². The summed E-state index contributed by atoms with van der Waals surface area (Å²) in [7, 11) is -4.34. The van der Waals surface area contributed by atoms with E-state index in [0.29, 0.717) is 22.9 Å². The lowest BCUT2D eigenvalue weighted by Gasteiger charge is -2.29. The highest BCUT2D eigenvalue weighted by atomic mass is 32.2. The monoisotopic (exact) mass is 259 g/mol. The van der Waals surface area contributed by atoms with E-state index in [-0.39, 0.29) is 5.75 Å². The van der Waals surface area contributed by atoms with Crippen LogP contribution >= 0.6 is 0 Å². The van der Waals surface area contributed by atoms with Crippen molar-refractivity contribution in [3.05, 3.63) is 24.3 Å². The lowest BCUT2D eigenvalue weighted by molar-refractivity contribution is 0.592. The van der Waals surface area contributed by atoms with Crippen LogP contribution in [-0.2, 0) is 20.8 Å². The van der Waals surface area contributed by atoms with Crippen molar-refractivity contribution in [1.82, 2.24) is 0 Å².